The molecule has 17 heavy (non-hydrogen) atoms. The van der Waals surface area contributed by atoms with Crippen LogP contribution in [0.5, 0.6) is 5.75 Å². The lowest BCUT2D eigenvalue weighted by Crippen LogP contribution is -2.25. The van der Waals surface area contributed by atoms with Crippen molar-refractivity contribution in [3.8, 4) is 5.75 Å². The topological polar surface area (TPSA) is 32.3 Å². The summed E-state index contributed by atoms with van der Waals surface area (Å²) in [4.78, 5) is 0. The zero-order valence-electron chi connectivity index (χ0n) is 10.7. The van der Waals surface area contributed by atoms with Gasteiger partial charge >= 0.3 is 0 Å². The van der Waals surface area contributed by atoms with Crippen molar-refractivity contribution >= 4 is 0 Å². The summed E-state index contributed by atoms with van der Waals surface area (Å²) in [5.74, 6) is 1.36. The molecule has 0 amide bonds. The third-order valence-corrected chi connectivity index (χ3v) is 3.89. The summed E-state index contributed by atoms with van der Waals surface area (Å²) >= 11 is 0. The van der Waals surface area contributed by atoms with Gasteiger partial charge in [0.2, 0.25) is 0 Å². The maximum Gasteiger partial charge on any atom is 0.120 e. The fourth-order valence-corrected chi connectivity index (χ4v) is 2.50. The highest BCUT2D eigenvalue weighted by Crippen LogP contribution is 2.30. The molecule has 0 spiro atoms. The normalized spacial score (nSPS) is 17.7. The van der Waals surface area contributed by atoms with E-state index in [2.05, 4.69) is 12.2 Å². The molecule has 0 bridgehead atoms. The number of para-hydroxylation sites is 1. The van der Waals surface area contributed by atoms with E-state index in [9.17, 15) is 5.11 Å². The molecule has 2 nitrogen and oxygen atoms in total. The van der Waals surface area contributed by atoms with Crippen molar-refractivity contribution in [2.45, 2.75) is 45.1 Å². The van der Waals surface area contributed by atoms with Gasteiger partial charge in [-0.2, -0.15) is 0 Å². The second-order valence-corrected chi connectivity index (χ2v) is 5.06. The molecule has 0 saturated heterocycles. The molecule has 2 rings (SSSR count). The van der Waals surface area contributed by atoms with Crippen molar-refractivity contribution in [1.82, 2.24) is 5.32 Å². The number of nitrogens with one attached hydrogen (secondary N) is 1. The minimum Gasteiger partial charge on any atom is -0.508 e. The zero-order chi connectivity index (χ0) is 12.1. The molecule has 1 aliphatic carbocycles. The van der Waals surface area contributed by atoms with Gasteiger partial charge in [0.15, 0.2) is 0 Å². The van der Waals surface area contributed by atoms with E-state index in [1.165, 1.54) is 25.7 Å². The second kappa shape index (κ2) is 6.06. The van der Waals surface area contributed by atoms with E-state index < -0.39 is 0 Å². The summed E-state index contributed by atoms with van der Waals surface area (Å²) in [5.41, 5.74) is 1.03. The van der Waals surface area contributed by atoms with E-state index in [1.807, 2.05) is 18.2 Å². The highest BCUT2D eigenvalue weighted by Gasteiger charge is 2.18. The monoisotopic (exact) mass is 233 g/mol. The van der Waals surface area contributed by atoms with Gasteiger partial charge in [-0.3, -0.25) is 0 Å². The Kier molecular flexibility index (Phi) is 4.43. The van der Waals surface area contributed by atoms with E-state index in [0.29, 0.717) is 5.75 Å². The van der Waals surface area contributed by atoms with Crippen molar-refractivity contribution in [2.75, 3.05) is 6.54 Å². The highest BCUT2D eigenvalue weighted by molar-refractivity contribution is 5.34. The first-order chi connectivity index (χ1) is 8.31. The van der Waals surface area contributed by atoms with Crippen molar-refractivity contribution in [2.24, 2.45) is 5.92 Å². The number of hydrogen-bond acceptors (Lipinski definition) is 2. The van der Waals surface area contributed by atoms with Gasteiger partial charge in [-0.25, -0.2) is 0 Å². The molecule has 0 aliphatic heterocycles. The molecule has 0 heterocycles. The summed E-state index contributed by atoms with van der Waals surface area (Å²) < 4.78 is 0. The summed E-state index contributed by atoms with van der Waals surface area (Å²) in [5, 5.41) is 13.4. The molecule has 0 aromatic heterocycles. The maximum absolute atomic E-state index is 9.84. The number of aromatic hydroxyl groups is 1. The minimum absolute atomic E-state index is 0.288. The molecule has 2 heteroatoms. The molecule has 94 valence electrons. The van der Waals surface area contributed by atoms with Gasteiger partial charge in [0.25, 0.3) is 0 Å². The van der Waals surface area contributed by atoms with Crippen LogP contribution in [0.4, 0.5) is 0 Å². The number of phenolic OH excluding ortho intramolecular Hbond substituents is 1. The van der Waals surface area contributed by atoms with Gasteiger partial charge in [-0.1, -0.05) is 44.4 Å². The summed E-state index contributed by atoms with van der Waals surface area (Å²) in [6.07, 6.45) is 6.54. The number of hydrogen-bond donors (Lipinski definition) is 2. The third-order valence-electron chi connectivity index (χ3n) is 3.89. The fraction of sp³-hybridized carbons (Fsp3) is 0.600. The predicted molar refractivity (Wildman–Crippen MR) is 71.1 cm³/mol. The van der Waals surface area contributed by atoms with E-state index >= 15 is 0 Å². The Morgan fingerprint density at radius 3 is 2.71 bits per heavy atom. The van der Waals surface area contributed by atoms with E-state index in [-0.39, 0.29) is 6.04 Å². The van der Waals surface area contributed by atoms with Crippen LogP contribution in [0.3, 0.4) is 0 Å². The van der Waals surface area contributed by atoms with E-state index in [0.717, 1.165) is 24.4 Å². The number of benzene rings is 1. The lowest BCUT2D eigenvalue weighted by atomic mass is 9.83. The van der Waals surface area contributed by atoms with Crippen LogP contribution in [0.25, 0.3) is 0 Å². The highest BCUT2D eigenvalue weighted by atomic mass is 16.3. The molecule has 2 N–H and O–H groups in total. The van der Waals surface area contributed by atoms with E-state index in [4.69, 9.17) is 0 Å². The summed E-state index contributed by atoms with van der Waals surface area (Å²) in [6.45, 7) is 3.23. The Balaban J connectivity index is 1.85. The standard InChI is InChI=1S/C15H23NO/c1-2-14(13-8-3-4-9-15(13)17)16-11-10-12-6-5-7-12/h3-4,8-9,12,14,16-17H,2,5-7,10-11H2,1H3. The smallest absolute Gasteiger partial charge is 0.120 e. The van der Waals surface area contributed by atoms with Crippen LogP contribution < -0.4 is 5.32 Å². The summed E-state index contributed by atoms with van der Waals surface area (Å²) in [6, 6.07) is 7.94. The first-order valence-electron chi connectivity index (χ1n) is 6.82. The molecule has 1 aromatic carbocycles. The van der Waals surface area contributed by atoms with Crippen LogP contribution >= 0.6 is 0 Å². The van der Waals surface area contributed by atoms with Crippen LogP contribution in [0, 0.1) is 5.92 Å². The molecule has 1 fully saturated rings. The lowest BCUT2D eigenvalue weighted by Gasteiger charge is -2.26. The molecule has 1 aliphatic rings. The zero-order valence-corrected chi connectivity index (χ0v) is 10.7. The average molecular weight is 233 g/mol. The molecule has 1 aromatic rings. The van der Waals surface area contributed by atoms with Crippen LogP contribution in [0.1, 0.15) is 50.6 Å². The van der Waals surface area contributed by atoms with Gasteiger partial charge in [0, 0.05) is 11.6 Å². The average Bonchev–Trinajstić information content (AvgIpc) is 2.28. The van der Waals surface area contributed by atoms with Crippen LogP contribution in [0.15, 0.2) is 24.3 Å². The van der Waals surface area contributed by atoms with Crippen molar-refractivity contribution in [3.63, 3.8) is 0 Å². The van der Waals surface area contributed by atoms with Gasteiger partial charge < -0.3 is 10.4 Å². The Morgan fingerprint density at radius 1 is 1.35 bits per heavy atom. The van der Waals surface area contributed by atoms with E-state index in [1.54, 1.807) is 6.07 Å². The van der Waals surface area contributed by atoms with Gasteiger partial charge in [-0.15, -0.1) is 0 Å². The predicted octanol–water partition coefficient (Wildman–Crippen LogP) is 3.62. The van der Waals surface area contributed by atoms with Crippen LogP contribution in [-0.4, -0.2) is 11.7 Å². The SMILES string of the molecule is CCC(NCCC1CCC1)c1ccccc1O. The quantitative estimate of drug-likeness (QED) is 0.786. The van der Waals surface area contributed by atoms with Crippen molar-refractivity contribution in [3.05, 3.63) is 29.8 Å². The van der Waals surface area contributed by atoms with Gasteiger partial charge in [0.1, 0.15) is 5.75 Å². The van der Waals surface area contributed by atoms with Crippen LogP contribution in [0.2, 0.25) is 0 Å². The molecular weight excluding hydrogens is 210 g/mol. The first-order valence-corrected chi connectivity index (χ1v) is 6.82. The Morgan fingerprint density at radius 2 is 2.12 bits per heavy atom. The first kappa shape index (κ1) is 12.4. The Bertz CT molecular complexity index is 347. The second-order valence-electron chi connectivity index (χ2n) is 5.06. The minimum atomic E-state index is 0.288. The molecule has 1 unspecified atom stereocenters. The van der Waals surface area contributed by atoms with Gasteiger partial charge in [0.05, 0.1) is 0 Å². The molecule has 1 atom stereocenters. The molecular formula is C15H23NO. The van der Waals surface area contributed by atoms with Gasteiger partial charge in [-0.05, 0) is 31.4 Å². The van der Waals surface area contributed by atoms with Crippen molar-refractivity contribution < 1.29 is 5.11 Å². The maximum atomic E-state index is 9.84. The molecule has 0 radical (unpaired) electrons. The number of phenols is 1. The number of rotatable bonds is 6. The lowest BCUT2D eigenvalue weighted by molar-refractivity contribution is 0.286. The third kappa shape index (κ3) is 3.22. The Labute approximate surface area is 104 Å². The largest absolute Gasteiger partial charge is 0.508 e. The fourth-order valence-electron chi connectivity index (χ4n) is 2.50. The van der Waals surface area contributed by atoms with Crippen LogP contribution in [-0.2, 0) is 0 Å². The van der Waals surface area contributed by atoms with Crippen molar-refractivity contribution in [1.29, 1.82) is 0 Å². The Hall–Kier alpha value is -1.02. The summed E-state index contributed by atoms with van der Waals surface area (Å²) in [7, 11) is 0. The molecule has 1 saturated carbocycles.